The van der Waals surface area contributed by atoms with Gasteiger partial charge in [0.25, 0.3) is 5.91 Å². The van der Waals surface area contributed by atoms with Crippen molar-refractivity contribution in [1.82, 2.24) is 10.2 Å². The highest BCUT2D eigenvalue weighted by atomic mass is 16.3. The number of imide groups is 1. The number of aliphatic hydroxyl groups is 1. The predicted molar refractivity (Wildman–Crippen MR) is 41.4 cm³/mol. The van der Waals surface area contributed by atoms with E-state index in [0.29, 0.717) is 0 Å². The molecule has 5 heteroatoms. The zero-order valence-corrected chi connectivity index (χ0v) is 7.07. The van der Waals surface area contributed by atoms with Crippen molar-refractivity contribution < 1.29 is 14.7 Å². The lowest BCUT2D eigenvalue weighted by Crippen LogP contribution is -2.38. The summed E-state index contributed by atoms with van der Waals surface area (Å²) >= 11 is 0. The van der Waals surface area contributed by atoms with Crippen LogP contribution in [0.4, 0.5) is 4.79 Å². The van der Waals surface area contributed by atoms with Gasteiger partial charge in [-0.05, 0) is 13.8 Å². The molecule has 5 nitrogen and oxygen atoms in total. The van der Waals surface area contributed by atoms with Crippen molar-refractivity contribution in [3.05, 3.63) is 0 Å². The number of carbonyl (C=O) groups excluding carboxylic acids is 2. The normalized spacial score (nSPS) is 25.9. The van der Waals surface area contributed by atoms with Crippen LogP contribution >= 0.6 is 0 Å². The molecule has 2 atom stereocenters. The van der Waals surface area contributed by atoms with Crippen LogP contribution in [0.25, 0.3) is 0 Å². The van der Waals surface area contributed by atoms with Crippen LogP contribution < -0.4 is 5.32 Å². The second-order valence-corrected chi connectivity index (χ2v) is 2.97. The molecule has 0 aliphatic carbocycles. The van der Waals surface area contributed by atoms with Crippen LogP contribution in [-0.2, 0) is 4.79 Å². The smallest absolute Gasteiger partial charge is 0.324 e. The van der Waals surface area contributed by atoms with Gasteiger partial charge in [-0.15, -0.1) is 0 Å². The van der Waals surface area contributed by atoms with Gasteiger partial charge in [0, 0.05) is 6.54 Å². The van der Waals surface area contributed by atoms with E-state index in [1.807, 2.05) is 0 Å². The van der Waals surface area contributed by atoms with Crippen molar-refractivity contribution in [3.63, 3.8) is 0 Å². The van der Waals surface area contributed by atoms with Crippen molar-refractivity contribution in [3.8, 4) is 0 Å². The van der Waals surface area contributed by atoms with Crippen LogP contribution in [0.15, 0.2) is 0 Å². The van der Waals surface area contributed by atoms with Crippen LogP contribution in [0.5, 0.6) is 0 Å². The van der Waals surface area contributed by atoms with Crippen LogP contribution in [0.1, 0.15) is 13.8 Å². The van der Waals surface area contributed by atoms with Gasteiger partial charge in [0.15, 0.2) is 0 Å². The maximum atomic E-state index is 11.0. The molecule has 1 heterocycles. The molecule has 68 valence electrons. The molecule has 0 radical (unpaired) electrons. The van der Waals surface area contributed by atoms with Crippen molar-refractivity contribution in [2.45, 2.75) is 26.0 Å². The molecular weight excluding hydrogens is 160 g/mol. The Labute approximate surface area is 70.4 Å². The van der Waals surface area contributed by atoms with E-state index in [2.05, 4.69) is 5.32 Å². The van der Waals surface area contributed by atoms with Crippen molar-refractivity contribution in [2.75, 3.05) is 6.54 Å². The van der Waals surface area contributed by atoms with Crippen LogP contribution in [0.2, 0.25) is 0 Å². The highest BCUT2D eigenvalue weighted by Crippen LogP contribution is 2.07. The topological polar surface area (TPSA) is 69.6 Å². The van der Waals surface area contributed by atoms with Gasteiger partial charge in [0.1, 0.15) is 6.04 Å². The number of nitrogens with one attached hydrogen (secondary N) is 1. The van der Waals surface area contributed by atoms with Gasteiger partial charge < -0.3 is 10.0 Å². The summed E-state index contributed by atoms with van der Waals surface area (Å²) in [6.45, 7) is 3.39. The minimum absolute atomic E-state index is 0.193. The van der Waals surface area contributed by atoms with Gasteiger partial charge in [-0.2, -0.15) is 0 Å². The fourth-order valence-electron chi connectivity index (χ4n) is 1.12. The summed E-state index contributed by atoms with van der Waals surface area (Å²) in [6, 6.07) is -0.888. The molecule has 1 rings (SSSR count). The second kappa shape index (κ2) is 3.10. The summed E-state index contributed by atoms with van der Waals surface area (Å²) in [5.41, 5.74) is 0. The van der Waals surface area contributed by atoms with E-state index >= 15 is 0 Å². The first-order valence-electron chi connectivity index (χ1n) is 3.82. The molecule has 1 aliphatic rings. The zero-order valence-electron chi connectivity index (χ0n) is 7.07. The third kappa shape index (κ3) is 1.55. The van der Waals surface area contributed by atoms with Gasteiger partial charge in [0.2, 0.25) is 0 Å². The molecule has 1 fully saturated rings. The minimum atomic E-state index is -0.607. The molecule has 2 N–H and O–H groups in total. The Morgan fingerprint density at radius 3 is 2.58 bits per heavy atom. The fraction of sp³-hybridized carbons (Fsp3) is 0.714. The third-order valence-corrected chi connectivity index (χ3v) is 1.80. The molecule has 0 spiro atoms. The number of hydrogen-bond donors (Lipinski definition) is 2. The number of hydrogen-bond acceptors (Lipinski definition) is 3. The summed E-state index contributed by atoms with van der Waals surface area (Å²) in [4.78, 5) is 23.2. The summed E-state index contributed by atoms with van der Waals surface area (Å²) in [7, 11) is 0. The first kappa shape index (κ1) is 8.99. The van der Waals surface area contributed by atoms with Crippen molar-refractivity contribution in [1.29, 1.82) is 0 Å². The lowest BCUT2D eigenvalue weighted by Gasteiger charge is -2.19. The molecule has 12 heavy (non-hydrogen) atoms. The van der Waals surface area contributed by atoms with E-state index in [4.69, 9.17) is 5.11 Å². The first-order valence-corrected chi connectivity index (χ1v) is 3.82. The molecule has 1 saturated heterocycles. The first-order chi connectivity index (χ1) is 5.52. The number of rotatable bonds is 2. The number of urea groups is 1. The Kier molecular flexibility index (Phi) is 2.32. The van der Waals surface area contributed by atoms with Crippen molar-refractivity contribution >= 4 is 11.9 Å². The third-order valence-electron chi connectivity index (χ3n) is 1.80. The Morgan fingerprint density at radius 2 is 2.25 bits per heavy atom. The predicted octanol–water partition coefficient (Wildman–Crippen LogP) is -0.692. The molecular formula is C7H12N2O3. The Balaban J connectivity index is 2.63. The second-order valence-electron chi connectivity index (χ2n) is 2.97. The van der Waals surface area contributed by atoms with E-state index in [-0.39, 0.29) is 12.5 Å². The van der Waals surface area contributed by atoms with E-state index < -0.39 is 18.2 Å². The van der Waals surface area contributed by atoms with Gasteiger partial charge in [0.05, 0.1) is 6.10 Å². The average molecular weight is 172 g/mol. The highest BCUT2D eigenvalue weighted by molar-refractivity contribution is 6.03. The number of β-amino-alcohol motifs (C(OH)–C–C–N with tert-alkyl or cyclic N) is 1. The monoisotopic (exact) mass is 172 g/mol. The number of carbonyl (C=O) groups is 2. The number of amides is 3. The standard InChI is InChI=1S/C7H12N2O3/c1-4(10)3-9-5(2)6(11)8-7(9)12/h4-5,10H,3H2,1-2H3,(H,8,11,12). The molecule has 2 unspecified atom stereocenters. The SMILES string of the molecule is CC(O)CN1C(=O)NC(=O)C1C. The fourth-order valence-corrected chi connectivity index (χ4v) is 1.12. The lowest BCUT2D eigenvalue weighted by molar-refractivity contribution is -0.121. The lowest BCUT2D eigenvalue weighted by atomic mass is 10.3. The molecule has 3 amide bonds. The van der Waals surface area contributed by atoms with E-state index in [0.717, 1.165) is 0 Å². The maximum absolute atomic E-state index is 11.0. The van der Waals surface area contributed by atoms with Gasteiger partial charge in [-0.3, -0.25) is 10.1 Å². The summed E-state index contributed by atoms with van der Waals surface area (Å²) in [5.74, 6) is -0.305. The maximum Gasteiger partial charge on any atom is 0.324 e. The van der Waals surface area contributed by atoms with Crippen LogP contribution in [0.3, 0.4) is 0 Å². The van der Waals surface area contributed by atoms with E-state index in [1.165, 1.54) is 4.90 Å². The van der Waals surface area contributed by atoms with Gasteiger partial charge >= 0.3 is 6.03 Å². The molecule has 0 aromatic rings. The Bertz CT molecular complexity index is 215. The number of aliphatic hydroxyl groups excluding tert-OH is 1. The summed E-state index contributed by atoms with van der Waals surface area (Å²) in [5, 5.41) is 11.2. The van der Waals surface area contributed by atoms with E-state index in [9.17, 15) is 9.59 Å². The van der Waals surface area contributed by atoms with Gasteiger partial charge in [-0.25, -0.2) is 4.79 Å². The molecule has 1 aliphatic heterocycles. The Hall–Kier alpha value is -1.10. The molecule has 0 aromatic heterocycles. The molecule has 0 saturated carbocycles. The molecule has 0 aromatic carbocycles. The quantitative estimate of drug-likeness (QED) is 0.541. The van der Waals surface area contributed by atoms with Crippen LogP contribution in [-0.4, -0.2) is 40.6 Å². The summed E-state index contributed by atoms with van der Waals surface area (Å²) in [6.07, 6.45) is -0.607. The zero-order chi connectivity index (χ0) is 9.30. The largest absolute Gasteiger partial charge is 0.392 e. The van der Waals surface area contributed by atoms with Crippen LogP contribution in [0, 0.1) is 0 Å². The van der Waals surface area contributed by atoms with Crippen molar-refractivity contribution in [2.24, 2.45) is 0 Å². The minimum Gasteiger partial charge on any atom is -0.392 e. The average Bonchev–Trinajstić information content (AvgIpc) is 2.16. The van der Waals surface area contributed by atoms with Gasteiger partial charge in [-0.1, -0.05) is 0 Å². The molecule has 0 bridgehead atoms. The highest BCUT2D eigenvalue weighted by Gasteiger charge is 2.34. The number of nitrogens with zero attached hydrogens (tertiary/aromatic N) is 1. The Morgan fingerprint density at radius 1 is 1.67 bits per heavy atom. The van der Waals surface area contributed by atoms with E-state index in [1.54, 1.807) is 13.8 Å². The summed E-state index contributed by atoms with van der Waals surface area (Å²) < 4.78 is 0.